The van der Waals surface area contributed by atoms with Crippen LogP contribution in [0.25, 0.3) is 0 Å². The summed E-state index contributed by atoms with van der Waals surface area (Å²) in [5.41, 5.74) is 0.546. The molecule has 0 unspecified atom stereocenters. The Bertz CT molecular complexity index is 607. The highest BCUT2D eigenvalue weighted by molar-refractivity contribution is 6.36. The Balaban J connectivity index is 1.78. The number of halogens is 4. The first-order chi connectivity index (χ1) is 10.1. The van der Waals surface area contributed by atoms with Crippen LogP contribution >= 0.6 is 34.8 Å². The molecule has 21 heavy (non-hydrogen) atoms. The molecule has 0 aliphatic heterocycles. The molecule has 2 rings (SSSR count). The van der Waals surface area contributed by atoms with Gasteiger partial charge in [0.1, 0.15) is 11.6 Å². The molecule has 0 saturated heterocycles. The Morgan fingerprint density at radius 1 is 1.00 bits per heavy atom. The normalized spacial score (nSPS) is 10.7. The Kier molecular flexibility index (Phi) is 5.99. The monoisotopic (exact) mass is 348 g/mol. The lowest BCUT2D eigenvalue weighted by Gasteiger charge is -2.10. The minimum Gasteiger partial charge on any atom is -0.367 e. The van der Waals surface area contributed by atoms with E-state index < -0.39 is 5.82 Å². The first-order valence-electron chi connectivity index (χ1n) is 6.14. The van der Waals surface area contributed by atoms with Crippen LogP contribution in [0, 0.1) is 5.82 Å². The van der Waals surface area contributed by atoms with Crippen molar-refractivity contribution in [3.63, 3.8) is 0 Å². The van der Waals surface area contributed by atoms with E-state index >= 15 is 0 Å². The summed E-state index contributed by atoms with van der Waals surface area (Å²) in [6.45, 7) is 1.61. The summed E-state index contributed by atoms with van der Waals surface area (Å²) in [6, 6.07) is 6.11. The van der Waals surface area contributed by atoms with Crippen molar-refractivity contribution in [2.45, 2.75) is 6.54 Å². The minimum absolute atomic E-state index is 0.0477. The Morgan fingerprint density at radius 2 is 1.81 bits per heavy atom. The van der Waals surface area contributed by atoms with E-state index in [1.165, 1.54) is 12.1 Å². The molecule has 1 heterocycles. The van der Waals surface area contributed by atoms with Gasteiger partial charge in [0.2, 0.25) is 0 Å². The molecule has 0 radical (unpaired) electrons. The summed E-state index contributed by atoms with van der Waals surface area (Å²) in [5.74, 6) is 0.149. The number of nitrogens with zero attached hydrogens (tertiary/aromatic N) is 2. The highest BCUT2D eigenvalue weighted by Gasteiger charge is 2.09. The summed E-state index contributed by atoms with van der Waals surface area (Å²) in [5, 5.41) is 14.6. The highest BCUT2D eigenvalue weighted by atomic mass is 35.5. The predicted molar refractivity (Wildman–Crippen MR) is 83.7 cm³/mol. The Hall–Kier alpha value is -1.14. The summed E-state index contributed by atoms with van der Waals surface area (Å²) in [7, 11) is 0. The SMILES string of the molecule is Fc1ccc(Cl)c(CNCCNc2ccc(Cl)nn2)c1Cl. The standard InChI is InChI=1S/C13H12Cl3FN4/c14-9-1-2-10(17)13(16)8(9)7-18-5-6-19-12-4-3-11(15)20-21-12/h1-4,18H,5-7H2,(H,19,21). The molecule has 0 spiro atoms. The largest absolute Gasteiger partial charge is 0.367 e. The zero-order chi connectivity index (χ0) is 15.2. The fourth-order valence-electron chi connectivity index (χ4n) is 1.63. The van der Waals surface area contributed by atoms with E-state index in [1.807, 2.05) is 0 Å². The molecule has 0 atom stereocenters. The van der Waals surface area contributed by atoms with Gasteiger partial charge in [0, 0.05) is 30.2 Å². The third-order valence-electron chi connectivity index (χ3n) is 2.68. The lowest BCUT2D eigenvalue weighted by molar-refractivity contribution is 0.622. The number of aromatic nitrogens is 2. The summed E-state index contributed by atoms with van der Waals surface area (Å²) < 4.78 is 13.3. The molecule has 0 bridgehead atoms. The molecule has 0 amide bonds. The topological polar surface area (TPSA) is 49.8 Å². The van der Waals surface area contributed by atoms with Crippen molar-refractivity contribution in [1.29, 1.82) is 0 Å². The third-order valence-corrected chi connectivity index (χ3v) is 3.64. The van der Waals surface area contributed by atoms with E-state index in [9.17, 15) is 4.39 Å². The van der Waals surface area contributed by atoms with E-state index in [4.69, 9.17) is 34.8 Å². The van der Waals surface area contributed by atoms with Crippen LogP contribution in [0.15, 0.2) is 24.3 Å². The van der Waals surface area contributed by atoms with E-state index in [0.29, 0.717) is 41.2 Å². The maximum atomic E-state index is 13.3. The lowest BCUT2D eigenvalue weighted by Crippen LogP contribution is -2.22. The van der Waals surface area contributed by atoms with E-state index in [1.54, 1.807) is 12.1 Å². The van der Waals surface area contributed by atoms with E-state index in [2.05, 4.69) is 20.8 Å². The molecular formula is C13H12Cl3FN4. The maximum Gasteiger partial charge on any atom is 0.151 e. The van der Waals surface area contributed by atoms with Gasteiger partial charge >= 0.3 is 0 Å². The van der Waals surface area contributed by atoms with Crippen LogP contribution in [0.5, 0.6) is 0 Å². The molecule has 2 N–H and O–H groups in total. The van der Waals surface area contributed by atoms with Crippen molar-refractivity contribution in [2.75, 3.05) is 18.4 Å². The van der Waals surface area contributed by atoms with Gasteiger partial charge in [-0.3, -0.25) is 0 Å². The Morgan fingerprint density at radius 3 is 2.52 bits per heavy atom. The van der Waals surface area contributed by atoms with Crippen LogP contribution in [0.3, 0.4) is 0 Å². The van der Waals surface area contributed by atoms with Crippen LogP contribution in [-0.2, 0) is 6.54 Å². The maximum absolute atomic E-state index is 13.3. The minimum atomic E-state index is -0.479. The van der Waals surface area contributed by atoms with Gasteiger partial charge in [-0.05, 0) is 24.3 Å². The number of hydrogen-bond acceptors (Lipinski definition) is 4. The van der Waals surface area contributed by atoms with Crippen molar-refractivity contribution in [3.8, 4) is 0 Å². The second-order valence-corrected chi connectivity index (χ2v) is 5.34. The number of nitrogens with one attached hydrogen (secondary N) is 2. The molecule has 4 nitrogen and oxygen atoms in total. The summed E-state index contributed by atoms with van der Waals surface area (Å²) in [4.78, 5) is 0. The van der Waals surface area contributed by atoms with Crippen molar-refractivity contribution < 1.29 is 4.39 Å². The second kappa shape index (κ2) is 7.75. The Labute approximate surface area is 136 Å². The summed E-state index contributed by atoms with van der Waals surface area (Å²) in [6.07, 6.45) is 0. The van der Waals surface area contributed by atoms with E-state index in [0.717, 1.165) is 0 Å². The zero-order valence-electron chi connectivity index (χ0n) is 10.8. The van der Waals surface area contributed by atoms with Crippen molar-refractivity contribution in [1.82, 2.24) is 15.5 Å². The smallest absolute Gasteiger partial charge is 0.151 e. The highest BCUT2D eigenvalue weighted by Crippen LogP contribution is 2.26. The summed E-state index contributed by atoms with van der Waals surface area (Å²) >= 11 is 17.5. The predicted octanol–water partition coefficient (Wildman–Crippen LogP) is 3.78. The molecule has 2 aromatic rings. The lowest BCUT2D eigenvalue weighted by atomic mass is 10.2. The second-order valence-electron chi connectivity index (χ2n) is 4.17. The molecular weight excluding hydrogens is 338 g/mol. The number of rotatable bonds is 6. The number of anilines is 1. The third kappa shape index (κ3) is 4.68. The van der Waals surface area contributed by atoms with Crippen LogP contribution in [0.2, 0.25) is 15.2 Å². The van der Waals surface area contributed by atoms with Gasteiger partial charge in [-0.15, -0.1) is 10.2 Å². The molecule has 0 aliphatic carbocycles. The molecule has 8 heteroatoms. The van der Waals surface area contributed by atoms with Crippen LogP contribution < -0.4 is 10.6 Å². The molecule has 1 aromatic heterocycles. The van der Waals surface area contributed by atoms with Crippen molar-refractivity contribution in [2.24, 2.45) is 0 Å². The molecule has 112 valence electrons. The van der Waals surface area contributed by atoms with Crippen LogP contribution in [0.1, 0.15) is 5.56 Å². The average molecular weight is 350 g/mol. The first kappa shape index (κ1) is 16.2. The van der Waals surface area contributed by atoms with Crippen molar-refractivity contribution >= 4 is 40.6 Å². The van der Waals surface area contributed by atoms with Gasteiger partial charge in [0.15, 0.2) is 5.15 Å². The van der Waals surface area contributed by atoms with Gasteiger partial charge in [0.05, 0.1) is 5.02 Å². The molecule has 0 saturated carbocycles. The fourth-order valence-corrected chi connectivity index (χ4v) is 2.24. The zero-order valence-corrected chi connectivity index (χ0v) is 13.1. The van der Waals surface area contributed by atoms with Gasteiger partial charge < -0.3 is 10.6 Å². The van der Waals surface area contributed by atoms with Gasteiger partial charge in [-0.25, -0.2) is 4.39 Å². The van der Waals surface area contributed by atoms with E-state index in [-0.39, 0.29) is 5.02 Å². The van der Waals surface area contributed by atoms with Crippen molar-refractivity contribution in [3.05, 3.63) is 50.8 Å². The van der Waals surface area contributed by atoms with Crippen LogP contribution in [-0.4, -0.2) is 23.3 Å². The molecule has 0 aliphatic rings. The fraction of sp³-hybridized carbons (Fsp3) is 0.231. The van der Waals surface area contributed by atoms with Gasteiger partial charge in [-0.1, -0.05) is 34.8 Å². The quantitative estimate of drug-likeness (QED) is 0.615. The number of hydrogen-bond donors (Lipinski definition) is 2. The average Bonchev–Trinajstić information content (AvgIpc) is 2.48. The first-order valence-corrected chi connectivity index (χ1v) is 7.27. The van der Waals surface area contributed by atoms with Gasteiger partial charge in [-0.2, -0.15) is 0 Å². The van der Waals surface area contributed by atoms with Gasteiger partial charge in [0.25, 0.3) is 0 Å². The number of benzene rings is 1. The molecule has 0 fully saturated rings. The molecule has 1 aromatic carbocycles. The van der Waals surface area contributed by atoms with Crippen LogP contribution in [0.4, 0.5) is 10.2 Å².